The largest absolute Gasteiger partial charge is 0.490 e. The quantitative estimate of drug-likeness (QED) is 0.531. The van der Waals surface area contributed by atoms with Crippen molar-refractivity contribution in [3.63, 3.8) is 0 Å². The average Bonchev–Trinajstić information content (AvgIpc) is 3.27. The molecule has 2 aromatic rings. The standard InChI is InChI=1S/C20H20N4O3.C2HF3O2/c25-19-13-21-20(15-6-2-1-3-7-15)17-12-16(24(26)27)8-9-18(17)23(19)14-22-10-4-5-11-22;3-2(4,5)1(6)7/h1-3,6-9,12H,4-5,10-11,13-14H2;(H,6,7). The minimum absolute atomic E-state index is 0.00662. The summed E-state index contributed by atoms with van der Waals surface area (Å²) in [5.41, 5.74) is 2.76. The second kappa shape index (κ2) is 10.4. The number of aliphatic carboxylic acids is 1. The second-order valence-electron chi connectivity index (χ2n) is 7.58. The third kappa shape index (κ3) is 5.95. The number of halogens is 3. The van der Waals surface area contributed by atoms with Gasteiger partial charge >= 0.3 is 12.1 Å². The van der Waals surface area contributed by atoms with E-state index in [0.717, 1.165) is 31.5 Å². The van der Waals surface area contributed by atoms with Gasteiger partial charge in [0, 0.05) is 23.3 Å². The lowest BCUT2D eigenvalue weighted by molar-refractivity contribution is -0.384. The third-order valence-electron chi connectivity index (χ3n) is 5.24. The first-order chi connectivity index (χ1) is 16.1. The predicted molar refractivity (Wildman–Crippen MR) is 117 cm³/mol. The van der Waals surface area contributed by atoms with Crippen LogP contribution in [-0.2, 0) is 9.59 Å². The molecule has 2 aliphatic rings. The summed E-state index contributed by atoms with van der Waals surface area (Å²) in [6.07, 6.45) is -2.83. The molecule has 0 saturated carbocycles. The lowest BCUT2D eigenvalue weighted by Crippen LogP contribution is -2.41. The Balaban J connectivity index is 0.000000406. The van der Waals surface area contributed by atoms with Gasteiger partial charge in [0.05, 0.1) is 23.0 Å². The van der Waals surface area contributed by atoms with Gasteiger partial charge in [0.25, 0.3) is 5.69 Å². The fraction of sp³-hybridized carbons (Fsp3) is 0.318. The zero-order valence-electron chi connectivity index (χ0n) is 17.9. The molecule has 1 saturated heterocycles. The van der Waals surface area contributed by atoms with E-state index in [-0.39, 0.29) is 18.1 Å². The van der Waals surface area contributed by atoms with Gasteiger partial charge in [-0.05, 0) is 32.0 Å². The second-order valence-corrected chi connectivity index (χ2v) is 7.58. The molecule has 2 aliphatic heterocycles. The SMILES string of the molecule is O=C(O)C(F)(F)F.O=C1CN=C(c2ccccc2)c2cc([N+](=O)[O-])ccc2N1CN1CCCC1. The Labute approximate surface area is 192 Å². The van der Waals surface area contributed by atoms with Crippen molar-refractivity contribution in [1.29, 1.82) is 0 Å². The van der Waals surface area contributed by atoms with Crippen molar-refractivity contribution < 1.29 is 32.8 Å². The molecule has 4 rings (SSSR count). The summed E-state index contributed by atoms with van der Waals surface area (Å²) in [4.78, 5) is 41.1. The predicted octanol–water partition coefficient (Wildman–Crippen LogP) is 3.47. The third-order valence-corrected chi connectivity index (χ3v) is 5.24. The number of anilines is 1. The molecular weight excluding hydrogens is 457 g/mol. The molecule has 1 fully saturated rings. The number of carbonyl (C=O) groups excluding carboxylic acids is 1. The van der Waals surface area contributed by atoms with E-state index in [0.29, 0.717) is 23.6 Å². The van der Waals surface area contributed by atoms with Gasteiger partial charge in [-0.15, -0.1) is 0 Å². The zero-order valence-corrected chi connectivity index (χ0v) is 17.9. The summed E-state index contributed by atoms with van der Waals surface area (Å²) in [6, 6.07) is 14.1. The van der Waals surface area contributed by atoms with Crippen LogP contribution in [0, 0.1) is 10.1 Å². The summed E-state index contributed by atoms with van der Waals surface area (Å²) in [5, 5.41) is 18.4. The van der Waals surface area contributed by atoms with Crippen LogP contribution in [0.25, 0.3) is 0 Å². The molecule has 9 nitrogen and oxygen atoms in total. The van der Waals surface area contributed by atoms with E-state index in [1.165, 1.54) is 12.1 Å². The first-order valence-corrected chi connectivity index (χ1v) is 10.3. The van der Waals surface area contributed by atoms with Gasteiger partial charge < -0.3 is 5.11 Å². The fourth-order valence-electron chi connectivity index (χ4n) is 3.64. The van der Waals surface area contributed by atoms with Gasteiger partial charge in [0.15, 0.2) is 0 Å². The lowest BCUT2D eigenvalue weighted by atomic mass is 9.99. The maximum Gasteiger partial charge on any atom is 0.490 e. The number of benzodiazepines with no additional fused rings is 1. The molecule has 0 spiro atoms. The van der Waals surface area contributed by atoms with Crippen molar-refractivity contribution in [3.05, 3.63) is 69.8 Å². The number of non-ortho nitro benzene ring substituents is 1. The summed E-state index contributed by atoms with van der Waals surface area (Å²) in [5.74, 6) is -2.85. The maximum absolute atomic E-state index is 12.8. The number of carboxylic acids is 1. The number of likely N-dealkylation sites (tertiary alicyclic amines) is 1. The summed E-state index contributed by atoms with van der Waals surface area (Å²) in [7, 11) is 0. The normalized spacial score (nSPS) is 16.1. The van der Waals surface area contributed by atoms with Crippen LogP contribution >= 0.6 is 0 Å². The monoisotopic (exact) mass is 478 g/mol. The Kier molecular flexibility index (Phi) is 7.61. The highest BCUT2D eigenvalue weighted by atomic mass is 19.4. The number of aliphatic imine (C=N–C) groups is 1. The molecule has 0 atom stereocenters. The number of carboxylic acid groups (broad SMARTS) is 1. The van der Waals surface area contributed by atoms with Crippen LogP contribution in [0.2, 0.25) is 0 Å². The van der Waals surface area contributed by atoms with Gasteiger partial charge in [-0.25, -0.2) is 4.79 Å². The zero-order chi connectivity index (χ0) is 24.9. The number of nitro benzene ring substituents is 1. The maximum atomic E-state index is 12.8. The molecule has 0 aromatic heterocycles. The van der Waals surface area contributed by atoms with Crippen molar-refractivity contribution in [3.8, 4) is 0 Å². The van der Waals surface area contributed by atoms with Gasteiger partial charge in [-0.3, -0.25) is 29.7 Å². The molecule has 2 aromatic carbocycles. The minimum Gasteiger partial charge on any atom is -0.475 e. The van der Waals surface area contributed by atoms with E-state index in [4.69, 9.17) is 9.90 Å². The van der Waals surface area contributed by atoms with Crippen LogP contribution < -0.4 is 4.90 Å². The van der Waals surface area contributed by atoms with Crippen molar-refractivity contribution in [2.75, 3.05) is 31.2 Å². The van der Waals surface area contributed by atoms with Gasteiger partial charge in [0.2, 0.25) is 5.91 Å². The number of fused-ring (bicyclic) bond motifs is 1. The topological polar surface area (TPSA) is 116 Å². The molecule has 180 valence electrons. The lowest BCUT2D eigenvalue weighted by Gasteiger charge is -2.27. The van der Waals surface area contributed by atoms with E-state index in [2.05, 4.69) is 9.89 Å². The van der Waals surface area contributed by atoms with Crippen molar-refractivity contribution in [2.45, 2.75) is 19.0 Å². The number of hydrogen-bond acceptors (Lipinski definition) is 6. The first kappa shape index (κ1) is 24.8. The van der Waals surface area contributed by atoms with Crippen molar-refractivity contribution in [1.82, 2.24) is 4.90 Å². The molecule has 1 N–H and O–H groups in total. The number of carbonyl (C=O) groups is 2. The molecule has 2 heterocycles. The summed E-state index contributed by atoms with van der Waals surface area (Å²) >= 11 is 0. The van der Waals surface area contributed by atoms with Crippen LogP contribution in [0.15, 0.2) is 53.5 Å². The van der Waals surface area contributed by atoms with E-state index in [1.54, 1.807) is 11.0 Å². The van der Waals surface area contributed by atoms with E-state index in [1.807, 2.05) is 30.3 Å². The van der Waals surface area contributed by atoms with Crippen molar-refractivity contribution >= 4 is 29.0 Å². The Bertz CT molecular complexity index is 1100. The van der Waals surface area contributed by atoms with Gasteiger partial charge in [-0.1, -0.05) is 30.3 Å². The number of hydrogen-bond donors (Lipinski definition) is 1. The Morgan fingerprint density at radius 1 is 1.12 bits per heavy atom. The van der Waals surface area contributed by atoms with Crippen LogP contribution in [0.4, 0.5) is 24.5 Å². The molecule has 0 unspecified atom stereocenters. The van der Waals surface area contributed by atoms with Crippen LogP contribution in [0.1, 0.15) is 24.0 Å². The highest BCUT2D eigenvalue weighted by molar-refractivity contribution is 6.19. The number of nitro groups is 1. The highest BCUT2D eigenvalue weighted by Gasteiger charge is 2.38. The van der Waals surface area contributed by atoms with Crippen LogP contribution in [0.5, 0.6) is 0 Å². The molecule has 0 bridgehead atoms. The number of amides is 1. The fourth-order valence-corrected chi connectivity index (χ4v) is 3.64. The number of nitrogens with zero attached hydrogens (tertiary/aromatic N) is 4. The Hall–Kier alpha value is -3.80. The molecule has 34 heavy (non-hydrogen) atoms. The highest BCUT2D eigenvalue weighted by Crippen LogP contribution is 2.31. The summed E-state index contributed by atoms with van der Waals surface area (Å²) < 4.78 is 31.7. The molecule has 0 radical (unpaired) electrons. The number of alkyl halides is 3. The smallest absolute Gasteiger partial charge is 0.475 e. The molecular formula is C22H21F3N4O5. The van der Waals surface area contributed by atoms with E-state index in [9.17, 15) is 28.1 Å². The minimum atomic E-state index is -5.08. The van der Waals surface area contributed by atoms with Gasteiger partial charge in [-0.2, -0.15) is 13.2 Å². The average molecular weight is 478 g/mol. The molecule has 1 amide bonds. The molecule has 12 heteroatoms. The Morgan fingerprint density at radius 3 is 2.29 bits per heavy atom. The molecule has 0 aliphatic carbocycles. The Morgan fingerprint density at radius 2 is 1.74 bits per heavy atom. The van der Waals surface area contributed by atoms with Crippen LogP contribution in [-0.4, -0.2) is 65.0 Å². The number of rotatable bonds is 4. The van der Waals surface area contributed by atoms with E-state index < -0.39 is 17.1 Å². The van der Waals surface area contributed by atoms with Gasteiger partial charge in [0.1, 0.15) is 6.54 Å². The summed E-state index contributed by atoms with van der Waals surface area (Å²) in [6.45, 7) is 2.43. The first-order valence-electron chi connectivity index (χ1n) is 10.3. The van der Waals surface area contributed by atoms with Crippen LogP contribution in [0.3, 0.4) is 0 Å². The van der Waals surface area contributed by atoms with Crippen molar-refractivity contribution in [2.24, 2.45) is 4.99 Å². The number of benzene rings is 2. The van der Waals surface area contributed by atoms with E-state index >= 15 is 0 Å².